The SMILES string of the molecule is COC(=O)CCC(=O)Nc1cc(NC(=O)c2nc(NC(=O)CCC(=O)Nc3cc(NC(=O)c4nc(NC(=O)CCC(=O)Nc5cc(NC(=O)c6nccn6C)cn5C)cn4C)cn3C)cn2C)cn1C. The molecular weight excluding hydrogens is 915 g/mol. The van der Waals surface area contributed by atoms with Gasteiger partial charge in [-0.05, 0) is 0 Å². The lowest BCUT2D eigenvalue weighted by Gasteiger charge is -2.06. The Morgan fingerprint density at radius 3 is 1.11 bits per heavy atom. The zero-order valence-electron chi connectivity index (χ0n) is 39.1. The molecule has 0 bridgehead atoms. The van der Waals surface area contributed by atoms with Gasteiger partial charge in [0, 0.05) is 136 Å². The van der Waals surface area contributed by atoms with Crippen LogP contribution in [0.5, 0.6) is 0 Å². The molecule has 368 valence electrons. The second kappa shape index (κ2) is 22.0. The molecule has 27 heteroatoms. The number of ether oxygens (including phenoxy) is 1. The highest BCUT2D eigenvalue weighted by atomic mass is 16.5. The van der Waals surface area contributed by atoms with Gasteiger partial charge in [0.25, 0.3) is 17.7 Å². The summed E-state index contributed by atoms with van der Waals surface area (Å²) < 4.78 is 13.6. The largest absolute Gasteiger partial charge is 0.469 e. The predicted molar refractivity (Wildman–Crippen MR) is 253 cm³/mol. The Balaban J connectivity index is 0.913. The lowest BCUT2D eigenvalue weighted by Crippen LogP contribution is -2.19. The molecule has 0 fully saturated rings. The number of carbonyl (C=O) groups is 9. The second-order valence-corrected chi connectivity index (χ2v) is 15.8. The number of amides is 8. The normalized spacial score (nSPS) is 10.8. The number of hydrogen-bond acceptors (Lipinski definition) is 13. The fourth-order valence-corrected chi connectivity index (χ4v) is 6.69. The minimum atomic E-state index is -0.625. The van der Waals surface area contributed by atoms with E-state index in [1.165, 1.54) is 47.0 Å². The van der Waals surface area contributed by atoms with E-state index in [9.17, 15) is 43.2 Å². The molecule has 0 saturated carbocycles. The number of rotatable bonds is 20. The quantitative estimate of drug-likeness (QED) is 0.0510. The molecule has 0 aliphatic rings. The highest BCUT2D eigenvalue weighted by Crippen LogP contribution is 2.22. The van der Waals surface area contributed by atoms with Gasteiger partial charge >= 0.3 is 5.97 Å². The average Bonchev–Trinajstić information content (AvgIpc) is 4.16. The fourth-order valence-electron chi connectivity index (χ4n) is 6.69. The van der Waals surface area contributed by atoms with E-state index in [-0.39, 0.29) is 67.6 Å². The summed E-state index contributed by atoms with van der Waals surface area (Å²) in [6, 6.07) is 4.59. The van der Waals surface area contributed by atoms with Crippen molar-refractivity contribution in [1.82, 2.24) is 42.4 Å². The number of methoxy groups -OCH3 is 1. The van der Waals surface area contributed by atoms with Crippen molar-refractivity contribution in [3.05, 3.63) is 79.1 Å². The maximum atomic E-state index is 13.2. The summed E-state index contributed by atoms with van der Waals surface area (Å²) in [4.78, 5) is 126. The zero-order valence-corrected chi connectivity index (χ0v) is 39.1. The van der Waals surface area contributed by atoms with Gasteiger partial charge in [0.05, 0.1) is 30.6 Å². The highest BCUT2D eigenvalue weighted by Gasteiger charge is 2.21. The molecule has 6 heterocycles. The van der Waals surface area contributed by atoms with Crippen LogP contribution in [0.25, 0.3) is 0 Å². The summed E-state index contributed by atoms with van der Waals surface area (Å²) in [6.45, 7) is 0. The summed E-state index contributed by atoms with van der Waals surface area (Å²) in [7, 11) is 11.0. The summed E-state index contributed by atoms with van der Waals surface area (Å²) >= 11 is 0. The van der Waals surface area contributed by atoms with Crippen molar-refractivity contribution in [2.24, 2.45) is 42.3 Å². The third kappa shape index (κ3) is 13.2. The van der Waals surface area contributed by atoms with Crippen LogP contribution in [0, 0.1) is 0 Å². The van der Waals surface area contributed by atoms with Crippen LogP contribution in [-0.2, 0) is 75.8 Å². The van der Waals surface area contributed by atoms with Crippen LogP contribution < -0.4 is 42.5 Å². The van der Waals surface area contributed by atoms with E-state index >= 15 is 0 Å². The Morgan fingerprint density at radius 2 is 0.771 bits per heavy atom. The number of aromatic nitrogens is 9. The summed E-state index contributed by atoms with van der Waals surface area (Å²) in [5.74, 6) is -3.28. The first-order chi connectivity index (χ1) is 33.2. The standard InChI is InChI=1S/C43H51N17O10/c1-55-15-14-44-38(55)41(67)45-24-16-29(56(2)19-24)52-34(63)10-8-32(61)48-27-22-59(5)39(50-27)42(68)46-25-17-30(57(3)20-25)53-35(64)11-9-33(62)49-28-23-60(6)40(51-28)43(69)47-26-18-31(58(4)21-26)54-36(65)12-13-37(66)70-7/h14-23H,8-13H2,1-7H3,(H,45,67)(H,46,68)(H,47,69)(H,48,61)(H,49,62)(H,52,63)(H,53,64)(H,54,65). The molecule has 8 N–H and O–H groups in total. The number of esters is 1. The van der Waals surface area contributed by atoms with Crippen molar-refractivity contribution in [1.29, 1.82) is 0 Å². The third-order valence-electron chi connectivity index (χ3n) is 10.3. The van der Waals surface area contributed by atoms with Crippen LogP contribution in [0.4, 0.5) is 46.2 Å². The molecule has 0 atom stereocenters. The number of nitrogens with zero attached hydrogens (tertiary/aromatic N) is 9. The van der Waals surface area contributed by atoms with Crippen LogP contribution in [-0.4, -0.2) is 103 Å². The number of anilines is 8. The molecule has 8 amide bonds. The minimum Gasteiger partial charge on any atom is -0.469 e. The molecule has 0 spiro atoms. The lowest BCUT2D eigenvalue weighted by atomic mass is 10.3. The Labute approximate surface area is 398 Å². The molecular formula is C43H51N17O10. The Hall–Kier alpha value is -9.30. The fraction of sp³-hybridized carbons (Fsp3) is 0.302. The topological polar surface area (TPSA) is 327 Å². The molecule has 0 aliphatic heterocycles. The van der Waals surface area contributed by atoms with Crippen molar-refractivity contribution >= 4 is 99.4 Å². The van der Waals surface area contributed by atoms with Gasteiger partial charge in [0.15, 0.2) is 17.5 Å². The Bertz CT molecular complexity index is 3000. The van der Waals surface area contributed by atoms with E-state index in [4.69, 9.17) is 0 Å². The summed E-state index contributed by atoms with van der Waals surface area (Å²) in [6.07, 6.45) is 9.73. The van der Waals surface area contributed by atoms with Crippen molar-refractivity contribution in [2.45, 2.75) is 38.5 Å². The van der Waals surface area contributed by atoms with Crippen molar-refractivity contribution in [3.63, 3.8) is 0 Å². The van der Waals surface area contributed by atoms with E-state index < -0.39 is 53.2 Å². The summed E-state index contributed by atoms with van der Waals surface area (Å²) in [5.41, 5.74) is 1.09. The second-order valence-electron chi connectivity index (χ2n) is 15.8. The highest BCUT2D eigenvalue weighted by molar-refractivity contribution is 6.05. The Morgan fingerprint density at radius 1 is 0.429 bits per heavy atom. The van der Waals surface area contributed by atoms with Gasteiger partial charge in [-0.2, -0.15) is 0 Å². The molecule has 6 rings (SSSR count). The van der Waals surface area contributed by atoms with Crippen LogP contribution in [0.1, 0.15) is 70.4 Å². The molecule has 0 aromatic carbocycles. The molecule has 0 saturated heterocycles. The van der Waals surface area contributed by atoms with Gasteiger partial charge in [0.1, 0.15) is 17.5 Å². The third-order valence-corrected chi connectivity index (χ3v) is 10.3. The van der Waals surface area contributed by atoms with Crippen molar-refractivity contribution < 1.29 is 47.9 Å². The molecule has 27 nitrogen and oxygen atoms in total. The number of carbonyl (C=O) groups excluding carboxylic acids is 9. The monoisotopic (exact) mass is 965 g/mol. The van der Waals surface area contributed by atoms with Crippen molar-refractivity contribution in [3.8, 4) is 0 Å². The predicted octanol–water partition coefficient (Wildman–Crippen LogP) is 2.27. The van der Waals surface area contributed by atoms with E-state index in [0.29, 0.717) is 34.5 Å². The van der Waals surface area contributed by atoms with Gasteiger partial charge in [-0.3, -0.25) is 43.2 Å². The van der Waals surface area contributed by atoms with Gasteiger partial charge in [-0.25, -0.2) is 15.0 Å². The zero-order chi connectivity index (χ0) is 50.8. The van der Waals surface area contributed by atoms with Crippen LogP contribution in [0.3, 0.4) is 0 Å². The average molecular weight is 966 g/mol. The first-order valence-corrected chi connectivity index (χ1v) is 21.3. The first-order valence-electron chi connectivity index (χ1n) is 21.3. The number of hydrogen-bond donors (Lipinski definition) is 8. The lowest BCUT2D eigenvalue weighted by molar-refractivity contribution is -0.141. The Kier molecular flexibility index (Phi) is 15.8. The van der Waals surface area contributed by atoms with Gasteiger partial charge in [-0.15, -0.1) is 0 Å². The molecule has 0 unspecified atom stereocenters. The van der Waals surface area contributed by atoms with Crippen LogP contribution in [0.15, 0.2) is 61.6 Å². The number of nitrogens with one attached hydrogen (secondary N) is 8. The number of imidazole rings is 3. The first kappa shape index (κ1) is 50.1. The van der Waals surface area contributed by atoms with Crippen molar-refractivity contribution in [2.75, 3.05) is 49.6 Å². The van der Waals surface area contributed by atoms with Gasteiger partial charge in [-0.1, -0.05) is 0 Å². The van der Waals surface area contributed by atoms with Crippen LogP contribution >= 0.6 is 0 Å². The van der Waals surface area contributed by atoms with Crippen LogP contribution in [0.2, 0.25) is 0 Å². The molecule has 6 aromatic rings. The van der Waals surface area contributed by atoms with E-state index in [0.717, 1.165) is 0 Å². The molecule has 6 aromatic heterocycles. The molecule has 0 radical (unpaired) electrons. The smallest absolute Gasteiger partial charge is 0.306 e. The maximum absolute atomic E-state index is 13.2. The van der Waals surface area contributed by atoms with Gasteiger partial charge < -0.3 is 74.7 Å². The molecule has 70 heavy (non-hydrogen) atoms. The molecule has 0 aliphatic carbocycles. The number of aryl methyl sites for hydroxylation is 6. The van der Waals surface area contributed by atoms with E-state index in [1.807, 2.05) is 0 Å². The van der Waals surface area contributed by atoms with Gasteiger partial charge in [0.2, 0.25) is 41.2 Å². The minimum absolute atomic E-state index is 0.0380. The van der Waals surface area contributed by atoms with E-state index in [1.54, 1.807) is 91.4 Å². The maximum Gasteiger partial charge on any atom is 0.306 e. The summed E-state index contributed by atoms with van der Waals surface area (Å²) in [5, 5.41) is 21.3. The van der Waals surface area contributed by atoms with E-state index in [2.05, 4.69) is 62.2 Å².